The molecule has 1 saturated carbocycles. The number of rotatable bonds is 3. The normalized spacial score (nSPS) is 21.3. The largest absolute Gasteiger partial charge is 0.349 e. The number of benzene rings is 2. The molecule has 1 aliphatic rings. The van der Waals surface area contributed by atoms with E-state index in [2.05, 4.69) is 35.6 Å². The lowest BCUT2D eigenvalue weighted by Crippen LogP contribution is -2.37. The molecule has 22 heavy (non-hydrogen) atoms. The number of nitrogens with one attached hydrogen (secondary N) is 1. The minimum atomic E-state index is -0.000159. The van der Waals surface area contributed by atoms with Crippen LogP contribution < -0.4 is 5.32 Å². The van der Waals surface area contributed by atoms with Crippen molar-refractivity contribution in [1.29, 1.82) is 0 Å². The molecule has 0 aliphatic heterocycles. The first-order chi connectivity index (χ1) is 10.7. The Morgan fingerprint density at radius 3 is 2.18 bits per heavy atom. The smallest absolute Gasteiger partial charge is 0.251 e. The molecule has 2 aromatic rings. The van der Waals surface area contributed by atoms with E-state index >= 15 is 0 Å². The first-order valence-corrected chi connectivity index (χ1v) is 8.21. The second kappa shape index (κ2) is 6.97. The average molecular weight is 314 g/mol. The van der Waals surface area contributed by atoms with Crippen LogP contribution in [0.5, 0.6) is 0 Å². The molecule has 2 nitrogen and oxygen atoms in total. The minimum absolute atomic E-state index is 0.000159. The van der Waals surface area contributed by atoms with E-state index in [1.165, 1.54) is 5.56 Å². The van der Waals surface area contributed by atoms with Gasteiger partial charge in [0, 0.05) is 16.6 Å². The van der Waals surface area contributed by atoms with Gasteiger partial charge in [0.15, 0.2) is 0 Å². The maximum absolute atomic E-state index is 12.2. The summed E-state index contributed by atoms with van der Waals surface area (Å²) < 4.78 is 0. The third-order valence-corrected chi connectivity index (χ3v) is 4.69. The molecule has 0 radical (unpaired) electrons. The number of carbonyl (C=O) groups is 1. The average Bonchev–Trinajstić information content (AvgIpc) is 2.57. The van der Waals surface area contributed by atoms with Crippen molar-refractivity contribution in [3.63, 3.8) is 0 Å². The van der Waals surface area contributed by atoms with Crippen LogP contribution >= 0.6 is 11.6 Å². The van der Waals surface area contributed by atoms with Crippen LogP contribution in [0.25, 0.3) is 0 Å². The third kappa shape index (κ3) is 3.69. The van der Waals surface area contributed by atoms with Gasteiger partial charge in [-0.2, -0.15) is 0 Å². The van der Waals surface area contributed by atoms with Crippen molar-refractivity contribution < 1.29 is 4.79 Å². The molecule has 2 aromatic carbocycles. The van der Waals surface area contributed by atoms with Gasteiger partial charge < -0.3 is 5.32 Å². The molecule has 1 fully saturated rings. The first-order valence-electron chi connectivity index (χ1n) is 7.84. The Kier molecular flexibility index (Phi) is 4.79. The second-order valence-electron chi connectivity index (χ2n) is 5.94. The summed E-state index contributed by atoms with van der Waals surface area (Å²) in [4.78, 5) is 12.2. The van der Waals surface area contributed by atoms with E-state index in [9.17, 15) is 4.79 Å². The van der Waals surface area contributed by atoms with E-state index in [1.54, 1.807) is 24.3 Å². The van der Waals surface area contributed by atoms with Crippen molar-refractivity contribution in [2.24, 2.45) is 0 Å². The Morgan fingerprint density at radius 1 is 0.909 bits per heavy atom. The molecular formula is C19H20ClNO. The fraction of sp³-hybridized carbons (Fsp3) is 0.316. The van der Waals surface area contributed by atoms with Gasteiger partial charge in [-0.3, -0.25) is 4.79 Å². The molecule has 0 aromatic heterocycles. The predicted molar refractivity (Wildman–Crippen MR) is 90.4 cm³/mol. The standard InChI is InChI=1S/C19H20ClNO/c20-17-10-6-16(7-11-17)19(22)21-18-12-8-15(9-13-18)14-4-2-1-3-5-14/h1-7,10-11,15,18H,8-9,12-13H2,(H,21,22)/t15-,18-. The molecule has 0 unspecified atom stereocenters. The summed E-state index contributed by atoms with van der Waals surface area (Å²) in [5, 5.41) is 3.80. The molecule has 1 N–H and O–H groups in total. The topological polar surface area (TPSA) is 29.1 Å². The number of halogens is 1. The molecule has 0 heterocycles. The van der Waals surface area contributed by atoms with Crippen LogP contribution in [0.1, 0.15) is 47.5 Å². The van der Waals surface area contributed by atoms with Gasteiger partial charge in [-0.1, -0.05) is 41.9 Å². The second-order valence-corrected chi connectivity index (χ2v) is 6.38. The van der Waals surface area contributed by atoms with E-state index in [-0.39, 0.29) is 11.9 Å². The highest BCUT2D eigenvalue weighted by Crippen LogP contribution is 2.32. The number of carbonyl (C=O) groups excluding carboxylic acids is 1. The predicted octanol–water partition coefficient (Wildman–Crippen LogP) is 4.80. The van der Waals surface area contributed by atoms with Crippen LogP contribution in [0, 0.1) is 0 Å². The van der Waals surface area contributed by atoms with Crippen LogP contribution in [-0.4, -0.2) is 11.9 Å². The van der Waals surface area contributed by atoms with Gasteiger partial charge in [0.2, 0.25) is 0 Å². The van der Waals surface area contributed by atoms with Crippen molar-refractivity contribution in [2.75, 3.05) is 0 Å². The lowest BCUT2D eigenvalue weighted by atomic mass is 9.82. The van der Waals surface area contributed by atoms with Gasteiger partial charge >= 0.3 is 0 Å². The Bertz CT molecular complexity index is 616. The summed E-state index contributed by atoms with van der Waals surface area (Å²) in [6, 6.07) is 18.0. The zero-order valence-electron chi connectivity index (χ0n) is 12.5. The highest BCUT2D eigenvalue weighted by molar-refractivity contribution is 6.30. The monoisotopic (exact) mass is 313 g/mol. The van der Waals surface area contributed by atoms with E-state index in [4.69, 9.17) is 11.6 Å². The summed E-state index contributed by atoms with van der Waals surface area (Å²) in [5.74, 6) is 0.629. The minimum Gasteiger partial charge on any atom is -0.349 e. The molecule has 1 amide bonds. The molecule has 0 atom stereocenters. The molecular weight excluding hydrogens is 294 g/mol. The highest BCUT2D eigenvalue weighted by Gasteiger charge is 2.23. The van der Waals surface area contributed by atoms with Crippen LogP contribution in [0.3, 0.4) is 0 Å². The summed E-state index contributed by atoms with van der Waals surface area (Å²) in [6.07, 6.45) is 4.35. The number of amides is 1. The van der Waals surface area contributed by atoms with E-state index in [0.29, 0.717) is 16.5 Å². The van der Waals surface area contributed by atoms with Gasteiger partial charge in [0.25, 0.3) is 5.91 Å². The van der Waals surface area contributed by atoms with Crippen LogP contribution in [0.4, 0.5) is 0 Å². The molecule has 3 heteroatoms. The van der Waals surface area contributed by atoms with Crippen molar-refractivity contribution >= 4 is 17.5 Å². The van der Waals surface area contributed by atoms with Gasteiger partial charge in [-0.25, -0.2) is 0 Å². The summed E-state index contributed by atoms with van der Waals surface area (Å²) in [5.41, 5.74) is 2.10. The van der Waals surface area contributed by atoms with Gasteiger partial charge in [-0.15, -0.1) is 0 Å². The Labute approximate surface area is 136 Å². The zero-order valence-corrected chi connectivity index (χ0v) is 13.2. The van der Waals surface area contributed by atoms with Crippen LogP contribution in [0.15, 0.2) is 54.6 Å². The van der Waals surface area contributed by atoms with Crippen molar-refractivity contribution in [1.82, 2.24) is 5.32 Å². The van der Waals surface area contributed by atoms with E-state index < -0.39 is 0 Å². The maximum Gasteiger partial charge on any atom is 0.251 e. The molecule has 1 aliphatic carbocycles. The Morgan fingerprint density at radius 2 is 1.55 bits per heavy atom. The van der Waals surface area contributed by atoms with Crippen molar-refractivity contribution in [3.8, 4) is 0 Å². The van der Waals surface area contributed by atoms with E-state index in [1.807, 2.05) is 0 Å². The Balaban J connectivity index is 1.53. The highest BCUT2D eigenvalue weighted by atomic mass is 35.5. The summed E-state index contributed by atoms with van der Waals surface area (Å²) in [7, 11) is 0. The van der Waals surface area contributed by atoms with Crippen LogP contribution in [0.2, 0.25) is 5.02 Å². The summed E-state index contributed by atoms with van der Waals surface area (Å²) in [6.45, 7) is 0. The summed E-state index contributed by atoms with van der Waals surface area (Å²) >= 11 is 5.85. The van der Waals surface area contributed by atoms with Crippen molar-refractivity contribution in [2.45, 2.75) is 37.6 Å². The molecule has 114 valence electrons. The lowest BCUT2D eigenvalue weighted by molar-refractivity contribution is 0.0926. The molecule has 0 bridgehead atoms. The number of hydrogen-bond donors (Lipinski definition) is 1. The fourth-order valence-electron chi connectivity index (χ4n) is 3.17. The lowest BCUT2D eigenvalue weighted by Gasteiger charge is -2.29. The maximum atomic E-state index is 12.2. The SMILES string of the molecule is O=C(N[C@H]1CC[C@H](c2ccccc2)CC1)c1ccc(Cl)cc1. The van der Waals surface area contributed by atoms with Gasteiger partial charge in [-0.05, 0) is 61.4 Å². The quantitative estimate of drug-likeness (QED) is 0.866. The van der Waals surface area contributed by atoms with Gasteiger partial charge in [0.05, 0.1) is 0 Å². The van der Waals surface area contributed by atoms with Gasteiger partial charge in [0.1, 0.15) is 0 Å². The fourth-order valence-corrected chi connectivity index (χ4v) is 3.29. The zero-order chi connectivity index (χ0) is 15.4. The third-order valence-electron chi connectivity index (χ3n) is 4.44. The molecule has 3 rings (SSSR count). The van der Waals surface area contributed by atoms with Crippen molar-refractivity contribution in [3.05, 3.63) is 70.7 Å². The van der Waals surface area contributed by atoms with Crippen LogP contribution in [-0.2, 0) is 0 Å². The molecule has 0 saturated heterocycles. The molecule has 0 spiro atoms. The van der Waals surface area contributed by atoms with E-state index in [0.717, 1.165) is 25.7 Å². The Hall–Kier alpha value is -1.80. The number of hydrogen-bond acceptors (Lipinski definition) is 1. The first kappa shape index (κ1) is 15.1.